The monoisotopic (exact) mass is 195 g/mol. The number of aromatic nitrogens is 2. The van der Waals surface area contributed by atoms with E-state index >= 15 is 0 Å². The lowest BCUT2D eigenvalue weighted by Crippen LogP contribution is -1.98. The molecule has 1 heterocycles. The van der Waals surface area contributed by atoms with Crippen molar-refractivity contribution in [3.05, 3.63) is 11.8 Å². The highest BCUT2D eigenvalue weighted by molar-refractivity contribution is 5.55. The molecule has 0 aliphatic carbocycles. The van der Waals surface area contributed by atoms with Crippen LogP contribution in [0.25, 0.3) is 0 Å². The molecule has 0 atom stereocenters. The summed E-state index contributed by atoms with van der Waals surface area (Å²) >= 11 is 0. The molecule has 0 spiro atoms. The smallest absolute Gasteiger partial charge is 0.176 e. The predicted octanol–water partition coefficient (Wildman–Crippen LogP) is 2.30. The molecule has 0 unspecified atom stereocenters. The van der Waals surface area contributed by atoms with E-state index in [1.165, 1.54) is 6.40 Å². The van der Waals surface area contributed by atoms with Gasteiger partial charge >= 0.3 is 0 Å². The van der Waals surface area contributed by atoms with Crippen molar-refractivity contribution in [2.45, 2.75) is 33.7 Å². The maximum atomic E-state index is 5.06. The minimum Gasteiger partial charge on any atom is -0.483 e. The summed E-state index contributed by atoms with van der Waals surface area (Å²) in [7, 11) is 0. The second-order valence-corrected chi connectivity index (χ2v) is 3.06. The third-order valence-electron chi connectivity index (χ3n) is 1.84. The van der Waals surface area contributed by atoms with Crippen molar-refractivity contribution in [3.63, 3.8) is 0 Å². The first-order valence-electron chi connectivity index (χ1n) is 4.96. The van der Waals surface area contributed by atoms with Gasteiger partial charge in [-0.2, -0.15) is 5.10 Å². The van der Waals surface area contributed by atoms with E-state index in [1.807, 2.05) is 24.7 Å². The van der Waals surface area contributed by atoms with Crippen molar-refractivity contribution in [3.8, 4) is 0 Å². The molecule has 0 amide bonds. The first-order chi connectivity index (χ1) is 6.79. The van der Waals surface area contributed by atoms with E-state index in [9.17, 15) is 0 Å². The lowest BCUT2D eigenvalue weighted by molar-refractivity contribution is 0.343. The first kappa shape index (κ1) is 10.8. The number of nitrogens with zero attached hydrogens (tertiary/aromatic N) is 3. The molecule has 0 radical (unpaired) electrons. The Morgan fingerprint density at radius 3 is 3.00 bits per heavy atom. The number of rotatable bonds is 5. The SMILES string of the molecule is CCCn1ncc(C)c1/N=C/OCC. The van der Waals surface area contributed by atoms with Gasteiger partial charge in [0.15, 0.2) is 12.2 Å². The molecule has 0 aromatic carbocycles. The van der Waals surface area contributed by atoms with Crippen molar-refractivity contribution >= 4 is 12.2 Å². The van der Waals surface area contributed by atoms with Crippen molar-refractivity contribution in [2.75, 3.05) is 6.61 Å². The van der Waals surface area contributed by atoms with Crippen LogP contribution < -0.4 is 0 Å². The van der Waals surface area contributed by atoms with Crippen LogP contribution in [0.5, 0.6) is 0 Å². The van der Waals surface area contributed by atoms with E-state index in [0.29, 0.717) is 6.61 Å². The van der Waals surface area contributed by atoms with E-state index in [-0.39, 0.29) is 0 Å². The molecule has 14 heavy (non-hydrogen) atoms. The molecule has 0 aliphatic rings. The average Bonchev–Trinajstić information content (AvgIpc) is 2.50. The second-order valence-electron chi connectivity index (χ2n) is 3.06. The standard InChI is InChI=1S/C10H17N3O/c1-4-6-13-10(9(3)7-12-13)11-8-14-5-2/h7-8H,4-6H2,1-3H3/b11-8+. The Morgan fingerprint density at radius 2 is 2.36 bits per heavy atom. The summed E-state index contributed by atoms with van der Waals surface area (Å²) in [5, 5.41) is 4.23. The van der Waals surface area contributed by atoms with Gasteiger partial charge in [-0.3, -0.25) is 0 Å². The second kappa shape index (κ2) is 5.42. The molecule has 78 valence electrons. The molecule has 0 fully saturated rings. The molecule has 1 aromatic heterocycles. The Morgan fingerprint density at radius 1 is 1.57 bits per heavy atom. The largest absolute Gasteiger partial charge is 0.483 e. The molecule has 1 rings (SSSR count). The van der Waals surface area contributed by atoms with Crippen LogP contribution in [0.2, 0.25) is 0 Å². The highest BCUT2D eigenvalue weighted by atomic mass is 16.5. The minimum atomic E-state index is 0.643. The van der Waals surface area contributed by atoms with Crippen LogP contribution in [0, 0.1) is 6.92 Å². The third kappa shape index (κ3) is 2.58. The molecular weight excluding hydrogens is 178 g/mol. The maximum absolute atomic E-state index is 5.06. The van der Waals surface area contributed by atoms with Crippen LogP contribution in [0.3, 0.4) is 0 Å². The third-order valence-corrected chi connectivity index (χ3v) is 1.84. The number of ether oxygens (including phenoxy) is 1. The fourth-order valence-electron chi connectivity index (χ4n) is 1.18. The van der Waals surface area contributed by atoms with Gasteiger partial charge in [-0.05, 0) is 20.3 Å². The summed E-state index contributed by atoms with van der Waals surface area (Å²) in [6, 6.07) is 0. The lowest BCUT2D eigenvalue weighted by Gasteiger charge is -2.01. The Bertz CT molecular complexity index is 304. The van der Waals surface area contributed by atoms with Crippen molar-refractivity contribution < 1.29 is 4.74 Å². The quantitative estimate of drug-likeness (QED) is 0.534. The van der Waals surface area contributed by atoms with E-state index in [2.05, 4.69) is 17.0 Å². The van der Waals surface area contributed by atoms with Gasteiger partial charge in [0.1, 0.15) is 0 Å². The van der Waals surface area contributed by atoms with Crippen LogP contribution in [0.4, 0.5) is 5.82 Å². The van der Waals surface area contributed by atoms with Gasteiger partial charge in [0.25, 0.3) is 0 Å². The Balaban J connectivity index is 2.76. The van der Waals surface area contributed by atoms with Crippen molar-refractivity contribution in [2.24, 2.45) is 4.99 Å². The molecule has 0 saturated heterocycles. The average molecular weight is 195 g/mol. The molecule has 0 N–H and O–H groups in total. The number of aryl methyl sites for hydroxylation is 2. The summed E-state index contributed by atoms with van der Waals surface area (Å²) in [6.07, 6.45) is 4.36. The van der Waals surface area contributed by atoms with Gasteiger partial charge in [0.05, 0.1) is 12.8 Å². The normalized spacial score (nSPS) is 11.1. The van der Waals surface area contributed by atoms with Gasteiger partial charge < -0.3 is 4.74 Å². The Kier molecular flexibility index (Phi) is 4.16. The lowest BCUT2D eigenvalue weighted by atomic mass is 10.4. The summed E-state index contributed by atoms with van der Waals surface area (Å²) in [5.74, 6) is 0.889. The van der Waals surface area contributed by atoms with Crippen LogP contribution >= 0.6 is 0 Å². The van der Waals surface area contributed by atoms with Crippen LogP contribution in [-0.4, -0.2) is 22.8 Å². The topological polar surface area (TPSA) is 39.4 Å². The van der Waals surface area contributed by atoms with Gasteiger partial charge in [-0.15, -0.1) is 0 Å². The molecular formula is C10H17N3O. The predicted molar refractivity (Wildman–Crippen MR) is 57.0 cm³/mol. The Labute approximate surface area is 84.6 Å². The van der Waals surface area contributed by atoms with E-state index in [0.717, 1.165) is 24.3 Å². The summed E-state index contributed by atoms with van der Waals surface area (Å²) in [6.45, 7) is 7.59. The van der Waals surface area contributed by atoms with Gasteiger partial charge in [0, 0.05) is 12.1 Å². The van der Waals surface area contributed by atoms with E-state index < -0.39 is 0 Å². The van der Waals surface area contributed by atoms with Crippen LogP contribution in [-0.2, 0) is 11.3 Å². The van der Waals surface area contributed by atoms with Crippen LogP contribution in [0.1, 0.15) is 25.8 Å². The number of aliphatic imine (C=N–C) groups is 1. The van der Waals surface area contributed by atoms with Gasteiger partial charge in [-0.25, -0.2) is 9.67 Å². The van der Waals surface area contributed by atoms with Crippen molar-refractivity contribution in [1.29, 1.82) is 0 Å². The molecule has 0 bridgehead atoms. The highest BCUT2D eigenvalue weighted by Crippen LogP contribution is 2.17. The van der Waals surface area contributed by atoms with Gasteiger partial charge in [-0.1, -0.05) is 6.92 Å². The first-order valence-corrected chi connectivity index (χ1v) is 4.96. The van der Waals surface area contributed by atoms with Crippen molar-refractivity contribution in [1.82, 2.24) is 9.78 Å². The minimum absolute atomic E-state index is 0.643. The van der Waals surface area contributed by atoms with Crippen LogP contribution in [0.15, 0.2) is 11.2 Å². The fraction of sp³-hybridized carbons (Fsp3) is 0.600. The van der Waals surface area contributed by atoms with E-state index in [1.54, 1.807) is 0 Å². The van der Waals surface area contributed by atoms with Gasteiger partial charge in [0.2, 0.25) is 0 Å². The zero-order valence-corrected chi connectivity index (χ0v) is 9.03. The molecule has 4 nitrogen and oxygen atoms in total. The highest BCUT2D eigenvalue weighted by Gasteiger charge is 2.03. The molecule has 4 heteroatoms. The zero-order chi connectivity index (χ0) is 10.4. The molecule has 1 aromatic rings. The summed E-state index contributed by atoms with van der Waals surface area (Å²) in [4.78, 5) is 4.23. The Hall–Kier alpha value is -1.32. The molecule has 0 aliphatic heterocycles. The van der Waals surface area contributed by atoms with E-state index in [4.69, 9.17) is 4.74 Å². The molecule has 0 saturated carbocycles. The zero-order valence-electron chi connectivity index (χ0n) is 9.03. The fourth-order valence-corrected chi connectivity index (χ4v) is 1.18. The number of hydrogen-bond donors (Lipinski definition) is 0. The maximum Gasteiger partial charge on any atom is 0.176 e. The number of hydrogen-bond acceptors (Lipinski definition) is 3. The summed E-state index contributed by atoms with van der Waals surface area (Å²) in [5.41, 5.74) is 1.08. The summed E-state index contributed by atoms with van der Waals surface area (Å²) < 4.78 is 6.96.